The van der Waals surface area contributed by atoms with E-state index >= 15 is 0 Å². The predicted molar refractivity (Wildman–Crippen MR) is 188 cm³/mol. The molecule has 0 unspecified atom stereocenters. The summed E-state index contributed by atoms with van der Waals surface area (Å²) in [4.78, 5) is 30.3. The zero-order valence-electron chi connectivity index (χ0n) is 25.7. The summed E-state index contributed by atoms with van der Waals surface area (Å²) >= 11 is 19.8. The van der Waals surface area contributed by atoms with Crippen LogP contribution >= 0.6 is 34.8 Å². The molecule has 0 spiro atoms. The second-order valence-corrected chi connectivity index (χ2v) is 14.6. The Morgan fingerprint density at radius 2 is 1.32 bits per heavy atom. The van der Waals surface area contributed by atoms with Crippen LogP contribution < -0.4 is 9.62 Å². The molecule has 1 aliphatic rings. The summed E-state index contributed by atoms with van der Waals surface area (Å²) in [5.41, 5.74) is 1.41. The number of halogens is 3. The van der Waals surface area contributed by atoms with Crippen LogP contribution in [-0.4, -0.2) is 43.8 Å². The Balaban J connectivity index is 1.59. The Morgan fingerprint density at radius 1 is 0.745 bits per heavy atom. The monoisotopic (exact) mass is 711 g/mol. The minimum atomic E-state index is -4.27. The number of hydrogen-bond acceptors (Lipinski definition) is 4. The van der Waals surface area contributed by atoms with Crippen LogP contribution in [-0.2, 0) is 32.6 Å². The third-order valence-corrected chi connectivity index (χ3v) is 11.1. The topological polar surface area (TPSA) is 86.8 Å². The van der Waals surface area contributed by atoms with E-state index in [2.05, 4.69) is 5.32 Å². The summed E-state index contributed by atoms with van der Waals surface area (Å²) < 4.78 is 29.3. The molecule has 1 fully saturated rings. The SMILES string of the molecule is O=C(NC1CCCCC1)[C@H](Cc1ccccc1)N(Cc1c(Cl)cccc1Cl)C(=O)CN(c1ccccc1Cl)S(=O)(=O)c1ccccc1. The van der Waals surface area contributed by atoms with Crippen molar-refractivity contribution in [2.75, 3.05) is 10.8 Å². The summed E-state index contributed by atoms with van der Waals surface area (Å²) in [5.74, 6) is -0.951. The van der Waals surface area contributed by atoms with Crippen LogP contribution in [0.25, 0.3) is 0 Å². The zero-order valence-corrected chi connectivity index (χ0v) is 28.8. The van der Waals surface area contributed by atoms with E-state index in [0.717, 1.165) is 42.0 Å². The van der Waals surface area contributed by atoms with Gasteiger partial charge in [0.25, 0.3) is 10.0 Å². The molecule has 47 heavy (non-hydrogen) atoms. The summed E-state index contributed by atoms with van der Waals surface area (Å²) in [5, 5.41) is 3.98. The second-order valence-electron chi connectivity index (χ2n) is 11.5. The highest BCUT2D eigenvalue weighted by Crippen LogP contribution is 2.32. The first-order valence-electron chi connectivity index (χ1n) is 15.5. The van der Waals surface area contributed by atoms with E-state index in [9.17, 15) is 18.0 Å². The van der Waals surface area contributed by atoms with Crippen LogP contribution in [0.15, 0.2) is 108 Å². The quantitative estimate of drug-likeness (QED) is 0.162. The Morgan fingerprint density at radius 3 is 1.96 bits per heavy atom. The first-order valence-corrected chi connectivity index (χ1v) is 18.1. The fraction of sp³-hybridized carbons (Fsp3) is 0.278. The number of anilines is 1. The summed E-state index contributed by atoms with van der Waals surface area (Å²) in [6, 6.07) is 27.7. The van der Waals surface area contributed by atoms with Gasteiger partial charge in [-0.05, 0) is 54.8 Å². The highest BCUT2D eigenvalue weighted by Gasteiger charge is 2.36. The highest BCUT2D eigenvalue weighted by atomic mass is 35.5. The van der Waals surface area contributed by atoms with E-state index in [0.29, 0.717) is 15.6 Å². The first-order chi connectivity index (χ1) is 22.6. The molecule has 1 aliphatic carbocycles. The number of amides is 2. The molecule has 0 aliphatic heterocycles. The minimum absolute atomic E-state index is 0.00991. The van der Waals surface area contributed by atoms with Crippen molar-refractivity contribution < 1.29 is 18.0 Å². The Kier molecular flexibility index (Phi) is 11.9. The molecule has 0 aromatic heterocycles. The first kappa shape index (κ1) is 34.8. The van der Waals surface area contributed by atoms with Gasteiger partial charge in [-0.3, -0.25) is 13.9 Å². The standard InChI is InChI=1S/C36H36Cl3N3O4S/c37-30-20-12-21-31(38)29(30)24-41(34(23-26-13-4-1-5-14-26)36(44)40-27-15-6-2-7-16-27)35(43)25-42(33-22-11-10-19-32(33)39)47(45,46)28-17-8-3-9-18-28/h1,3-5,8-14,17-22,27,34H,2,6-7,15-16,23-25H2,(H,40,44)/t34-/m0/s1. The molecule has 246 valence electrons. The van der Waals surface area contributed by atoms with Crippen molar-refractivity contribution in [3.05, 3.63) is 129 Å². The van der Waals surface area contributed by atoms with Crippen LogP contribution in [0.2, 0.25) is 15.1 Å². The molecule has 5 rings (SSSR count). The molecule has 0 saturated heterocycles. The van der Waals surface area contributed by atoms with Crippen LogP contribution in [0.3, 0.4) is 0 Å². The molecule has 0 radical (unpaired) electrons. The van der Waals surface area contributed by atoms with Gasteiger partial charge in [0.2, 0.25) is 11.8 Å². The van der Waals surface area contributed by atoms with Crippen molar-refractivity contribution in [1.29, 1.82) is 0 Å². The molecule has 0 bridgehead atoms. The van der Waals surface area contributed by atoms with Gasteiger partial charge in [0.05, 0.1) is 15.6 Å². The number of carbonyl (C=O) groups is 2. The number of benzene rings is 4. The maximum Gasteiger partial charge on any atom is 0.264 e. The number of hydrogen-bond donors (Lipinski definition) is 1. The average molecular weight is 713 g/mol. The number of nitrogens with one attached hydrogen (secondary N) is 1. The van der Waals surface area contributed by atoms with E-state index in [1.165, 1.54) is 17.0 Å². The van der Waals surface area contributed by atoms with Crippen molar-refractivity contribution in [3.63, 3.8) is 0 Å². The fourth-order valence-electron chi connectivity index (χ4n) is 5.84. The average Bonchev–Trinajstić information content (AvgIpc) is 3.08. The lowest BCUT2D eigenvalue weighted by Gasteiger charge is -2.35. The smallest absolute Gasteiger partial charge is 0.264 e. The van der Waals surface area contributed by atoms with Gasteiger partial charge in [0.1, 0.15) is 12.6 Å². The molecule has 4 aromatic rings. The second kappa shape index (κ2) is 16.0. The Labute approximate surface area is 291 Å². The maximum atomic E-state index is 14.7. The van der Waals surface area contributed by atoms with E-state index in [-0.39, 0.29) is 40.5 Å². The van der Waals surface area contributed by atoms with Gasteiger partial charge >= 0.3 is 0 Å². The molecule has 1 N–H and O–H groups in total. The molecule has 1 saturated carbocycles. The van der Waals surface area contributed by atoms with Gasteiger partial charge < -0.3 is 10.2 Å². The van der Waals surface area contributed by atoms with Crippen LogP contribution in [0.5, 0.6) is 0 Å². The fourth-order valence-corrected chi connectivity index (χ4v) is 8.10. The highest BCUT2D eigenvalue weighted by molar-refractivity contribution is 7.92. The van der Waals surface area contributed by atoms with Crippen LogP contribution in [0.4, 0.5) is 5.69 Å². The van der Waals surface area contributed by atoms with Gasteiger partial charge in [-0.1, -0.05) is 121 Å². The number of sulfonamides is 1. The number of nitrogens with zero attached hydrogens (tertiary/aromatic N) is 2. The van der Waals surface area contributed by atoms with Crippen LogP contribution in [0, 0.1) is 0 Å². The third-order valence-electron chi connectivity index (χ3n) is 8.34. The van der Waals surface area contributed by atoms with Gasteiger partial charge in [-0.15, -0.1) is 0 Å². The molecular formula is C36H36Cl3N3O4S. The molecular weight excluding hydrogens is 677 g/mol. The zero-order chi connectivity index (χ0) is 33.4. The van der Waals surface area contributed by atoms with Gasteiger partial charge in [0, 0.05) is 34.6 Å². The maximum absolute atomic E-state index is 14.7. The Bertz CT molecular complexity index is 1770. The number of carbonyl (C=O) groups excluding carboxylic acids is 2. The van der Waals surface area contributed by atoms with E-state index < -0.39 is 28.5 Å². The van der Waals surface area contributed by atoms with Gasteiger partial charge in [0.15, 0.2) is 0 Å². The molecule has 7 nitrogen and oxygen atoms in total. The molecule has 1 atom stereocenters. The van der Waals surface area contributed by atoms with E-state index in [1.807, 2.05) is 30.3 Å². The lowest BCUT2D eigenvalue weighted by molar-refractivity contribution is -0.140. The third kappa shape index (κ3) is 8.68. The molecule has 0 heterocycles. The van der Waals surface area contributed by atoms with Crippen molar-refractivity contribution in [3.8, 4) is 0 Å². The van der Waals surface area contributed by atoms with E-state index in [4.69, 9.17) is 34.8 Å². The summed E-state index contributed by atoms with van der Waals surface area (Å²) in [7, 11) is -4.27. The van der Waals surface area contributed by atoms with Crippen molar-refractivity contribution >= 4 is 62.3 Å². The normalized spacial score (nSPS) is 14.3. The van der Waals surface area contributed by atoms with Crippen molar-refractivity contribution in [2.24, 2.45) is 0 Å². The van der Waals surface area contributed by atoms with Crippen molar-refractivity contribution in [1.82, 2.24) is 10.2 Å². The number of rotatable bonds is 12. The number of para-hydroxylation sites is 1. The lowest BCUT2D eigenvalue weighted by Crippen LogP contribution is -2.55. The largest absolute Gasteiger partial charge is 0.352 e. The molecule has 4 aromatic carbocycles. The van der Waals surface area contributed by atoms with Gasteiger partial charge in [-0.25, -0.2) is 8.42 Å². The van der Waals surface area contributed by atoms with Gasteiger partial charge in [-0.2, -0.15) is 0 Å². The Hall–Kier alpha value is -3.56. The van der Waals surface area contributed by atoms with Crippen molar-refractivity contribution in [2.45, 2.75) is 62.0 Å². The lowest BCUT2D eigenvalue weighted by atomic mass is 9.94. The molecule has 2 amide bonds. The molecule has 11 heteroatoms. The summed E-state index contributed by atoms with van der Waals surface area (Å²) in [6.45, 7) is -0.764. The van der Waals surface area contributed by atoms with E-state index in [1.54, 1.807) is 60.7 Å². The summed E-state index contributed by atoms with van der Waals surface area (Å²) in [6.07, 6.45) is 5.02. The minimum Gasteiger partial charge on any atom is -0.352 e. The predicted octanol–water partition coefficient (Wildman–Crippen LogP) is 7.93. The van der Waals surface area contributed by atoms with Crippen LogP contribution in [0.1, 0.15) is 43.2 Å².